The second-order valence-corrected chi connectivity index (χ2v) is 4.49. The summed E-state index contributed by atoms with van der Waals surface area (Å²) in [5.74, 6) is 0. The molecule has 0 aliphatic carbocycles. The first-order valence-corrected chi connectivity index (χ1v) is 5.25. The van der Waals surface area contributed by atoms with Crippen molar-refractivity contribution in [3.63, 3.8) is 0 Å². The molecule has 68 valence electrons. The zero-order chi connectivity index (χ0) is 8.97. The smallest absolute Gasteiger partial charge is 0.113 e. The van der Waals surface area contributed by atoms with Gasteiger partial charge in [0.2, 0.25) is 0 Å². The minimum absolute atomic E-state index is 0.549. The highest BCUT2D eigenvalue weighted by molar-refractivity contribution is 7.15. The van der Waals surface area contributed by atoms with Gasteiger partial charge in [0, 0.05) is 12.6 Å². The Hall–Kier alpha value is -0.120. The van der Waals surface area contributed by atoms with Crippen LogP contribution in [0.15, 0.2) is 6.20 Å². The summed E-state index contributed by atoms with van der Waals surface area (Å²) in [7, 11) is 0. The molecule has 0 saturated heterocycles. The average Bonchev–Trinajstić information content (AvgIpc) is 2.47. The number of nitrogens with zero attached hydrogens (tertiary/aromatic N) is 1. The fraction of sp³-hybridized carbons (Fsp3) is 0.625. The lowest BCUT2D eigenvalue weighted by molar-refractivity contribution is 0.533. The van der Waals surface area contributed by atoms with Crippen LogP contribution < -0.4 is 5.32 Å². The molecule has 1 aromatic heterocycles. The van der Waals surface area contributed by atoms with Gasteiger partial charge in [-0.05, 0) is 13.3 Å². The molecule has 0 amide bonds. The predicted octanol–water partition coefficient (Wildman–Crippen LogP) is 2.68. The van der Waals surface area contributed by atoms with E-state index in [-0.39, 0.29) is 0 Å². The number of aromatic nitrogens is 1. The van der Waals surface area contributed by atoms with Gasteiger partial charge in [-0.1, -0.05) is 18.5 Å². The minimum atomic E-state index is 0.549. The van der Waals surface area contributed by atoms with E-state index in [0.717, 1.165) is 22.3 Å². The van der Waals surface area contributed by atoms with Crippen LogP contribution in [-0.4, -0.2) is 11.0 Å². The number of nitrogens with one attached hydrogen (secondary N) is 1. The topological polar surface area (TPSA) is 24.9 Å². The van der Waals surface area contributed by atoms with E-state index in [0.29, 0.717) is 6.04 Å². The Kier molecular flexibility index (Phi) is 3.98. The Morgan fingerprint density at radius 3 is 3.00 bits per heavy atom. The maximum Gasteiger partial charge on any atom is 0.113 e. The third kappa shape index (κ3) is 3.09. The van der Waals surface area contributed by atoms with E-state index in [4.69, 9.17) is 11.6 Å². The van der Waals surface area contributed by atoms with Gasteiger partial charge < -0.3 is 5.32 Å². The molecule has 1 rings (SSSR count). The van der Waals surface area contributed by atoms with Crippen molar-refractivity contribution in [3.05, 3.63) is 15.5 Å². The quantitative estimate of drug-likeness (QED) is 0.816. The summed E-state index contributed by atoms with van der Waals surface area (Å²) in [6.45, 7) is 5.15. The van der Waals surface area contributed by atoms with Gasteiger partial charge in [0.05, 0.1) is 6.20 Å². The van der Waals surface area contributed by atoms with E-state index in [2.05, 4.69) is 24.1 Å². The second-order valence-electron chi connectivity index (χ2n) is 2.75. The highest BCUT2D eigenvalue weighted by Gasteiger charge is 2.01. The molecule has 0 radical (unpaired) electrons. The molecule has 12 heavy (non-hydrogen) atoms. The van der Waals surface area contributed by atoms with E-state index in [1.807, 2.05) is 0 Å². The van der Waals surface area contributed by atoms with Gasteiger partial charge in [0.15, 0.2) is 0 Å². The number of halogens is 1. The monoisotopic (exact) mass is 204 g/mol. The first-order chi connectivity index (χ1) is 5.72. The Labute approximate surface area is 82.0 Å². The summed E-state index contributed by atoms with van der Waals surface area (Å²) >= 11 is 7.27. The SMILES string of the molecule is CCC(C)NCc1ncc(Cl)s1. The fourth-order valence-corrected chi connectivity index (χ4v) is 1.68. The van der Waals surface area contributed by atoms with E-state index >= 15 is 0 Å². The van der Waals surface area contributed by atoms with Crippen molar-refractivity contribution in [2.45, 2.75) is 32.9 Å². The highest BCUT2D eigenvalue weighted by atomic mass is 35.5. The van der Waals surface area contributed by atoms with Crippen molar-refractivity contribution in [3.8, 4) is 0 Å². The molecule has 0 aliphatic rings. The lowest BCUT2D eigenvalue weighted by Crippen LogP contribution is -2.24. The molecule has 0 spiro atoms. The summed E-state index contributed by atoms with van der Waals surface area (Å²) in [5.41, 5.74) is 0. The van der Waals surface area contributed by atoms with Crippen molar-refractivity contribution < 1.29 is 0 Å². The number of hydrogen-bond donors (Lipinski definition) is 1. The molecular weight excluding hydrogens is 192 g/mol. The molecule has 1 atom stereocenters. The van der Waals surface area contributed by atoms with Gasteiger partial charge >= 0.3 is 0 Å². The van der Waals surface area contributed by atoms with E-state index in [9.17, 15) is 0 Å². The molecule has 0 fully saturated rings. The Bertz CT molecular complexity index is 237. The maximum absolute atomic E-state index is 5.74. The standard InChI is InChI=1S/C8H13ClN2S/c1-3-6(2)10-5-8-11-4-7(9)12-8/h4,6,10H,3,5H2,1-2H3. The largest absolute Gasteiger partial charge is 0.308 e. The van der Waals surface area contributed by atoms with Crippen LogP contribution in [0.1, 0.15) is 25.3 Å². The van der Waals surface area contributed by atoms with Crippen LogP contribution in [0.3, 0.4) is 0 Å². The minimum Gasteiger partial charge on any atom is -0.308 e. The first-order valence-electron chi connectivity index (χ1n) is 4.06. The van der Waals surface area contributed by atoms with Crippen LogP contribution in [-0.2, 0) is 6.54 Å². The van der Waals surface area contributed by atoms with Gasteiger partial charge in [0.1, 0.15) is 9.34 Å². The van der Waals surface area contributed by atoms with Crippen molar-refractivity contribution in [2.75, 3.05) is 0 Å². The van der Waals surface area contributed by atoms with Crippen LogP contribution in [0.25, 0.3) is 0 Å². The molecule has 0 bridgehead atoms. The van der Waals surface area contributed by atoms with Gasteiger partial charge in [-0.15, -0.1) is 11.3 Å². The van der Waals surface area contributed by atoms with Crippen LogP contribution in [0.4, 0.5) is 0 Å². The lowest BCUT2D eigenvalue weighted by Gasteiger charge is -2.08. The third-order valence-electron chi connectivity index (χ3n) is 1.74. The van der Waals surface area contributed by atoms with Crippen LogP contribution >= 0.6 is 22.9 Å². The molecule has 1 heterocycles. The van der Waals surface area contributed by atoms with Crippen molar-refractivity contribution in [1.29, 1.82) is 0 Å². The molecule has 1 N–H and O–H groups in total. The number of rotatable bonds is 4. The van der Waals surface area contributed by atoms with Gasteiger partial charge in [-0.25, -0.2) is 4.98 Å². The Morgan fingerprint density at radius 1 is 1.75 bits per heavy atom. The highest BCUT2D eigenvalue weighted by Crippen LogP contribution is 2.17. The average molecular weight is 205 g/mol. The number of hydrogen-bond acceptors (Lipinski definition) is 3. The van der Waals surface area contributed by atoms with Crippen molar-refractivity contribution in [2.24, 2.45) is 0 Å². The molecule has 1 unspecified atom stereocenters. The zero-order valence-corrected chi connectivity index (χ0v) is 8.87. The summed E-state index contributed by atoms with van der Waals surface area (Å²) in [6.07, 6.45) is 2.83. The maximum atomic E-state index is 5.74. The van der Waals surface area contributed by atoms with Gasteiger partial charge in [-0.2, -0.15) is 0 Å². The van der Waals surface area contributed by atoms with Crippen molar-refractivity contribution >= 4 is 22.9 Å². The van der Waals surface area contributed by atoms with E-state index < -0.39 is 0 Å². The zero-order valence-electron chi connectivity index (χ0n) is 7.30. The van der Waals surface area contributed by atoms with Gasteiger partial charge in [-0.3, -0.25) is 0 Å². The molecule has 0 saturated carbocycles. The van der Waals surface area contributed by atoms with Crippen LogP contribution in [0, 0.1) is 0 Å². The predicted molar refractivity (Wildman–Crippen MR) is 53.7 cm³/mol. The Balaban J connectivity index is 2.33. The second kappa shape index (κ2) is 4.80. The lowest BCUT2D eigenvalue weighted by atomic mass is 10.3. The summed E-state index contributed by atoms with van der Waals surface area (Å²) in [4.78, 5) is 4.15. The van der Waals surface area contributed by atoms with Gasteiger partial charge in [0.25, 0.3) is 0 Å². The molecule has 0 aliphatic heterocycles. The van der Waals surface area contributed by atoms with E-state index in [1.54, 1.807) is 6.20 Å². The fourth-order valence-electron chi connectivity index (χ4n) is 0.776. The summed E-state index contributed by atoms with van der Waals surface area (Å²) < 4.78 is 0.760. The van der Waals surface area contributed by atoms with Crippen LogP contribution in [0.5, 0.6) is 0 Å². The molecule has 1 aromatic rings. The summed E-state index contributed by atoms with van der Waals surface area (Å²) in [5, 5.41) is 4.41. The number of thiazole rings is 1. The molecular formula is C8H13ClN2S. The van der Waals surface area contributed by atoms with E-state index in [1.165, 1.54) is 11.3 Å². The molecule has 4 heteroatoms. The van der Waals surface area contributed by atoms with Crippen molar-refractivity contribution in [1.82, 2.24) is 10.3 Å². The first kappa shape index (κ1) is 9.96. The Morgan fingerprint density at radius 2 is 2.50 bits per heavy atom. The molecule has 0 aromatic carbocycles. The summed E-state index contributed by atoms with van der Waals surface area (Å²) in [6, 6.07) is 0.549. The molecule has 2 nitrogen and oxygen atoms in total. The van der Waals surface area contributed by atoms with Crippen LogP contribution in [0.2, 0.25) is 4.34 Å². The third-order valence-corrected chi connectivity index (χ3v) is 2.85. The normalized spacial score (nSPS) is 13.2.